The lowest BCUT2D eigenvalue weighted by molar-refractivity contribution is -0.123. The van der Waals surface area contributed by atoms with Gasteiger partial charge in [0, 0.05) is 12.4 Å². The summed E-state index contributed by atoms with van der Waals surface area (Å²) in [6.07, 6.45) is 1.74. The molecule has 9 nitrogen and oxygen atoms in total. The number of carbonyl (C=O) groups excluding carboxylic acids is 4. The van der Waals surface area contributed by atoms with Gasteiger partial charge >= 0.3 is 12.1 Å². The highest BCUT2D eigenvalue weighted by molar-refractivity contribution is 6.10. The van der Waals surface area contributed by atoms with E-state index in [0.717, 1.165) is 4.90 Å². The molecule has 6 amide bonds. The number of imide groups is 2. The van der Waals surface area contributed by atoms with Crippen LogP contribution in [0.15, 0.2) is 24.5 Å². The molecule has 3 rings (SSSR count). The van der Waals surface area contributed by atoms with Crippen molar-refractivity contribution in [1.82, 2.24) is 25.8 Å². The highest BCUT2D eigenvalue weighted by atomic mass is 16.2. The van der Waals surface area contributed by atoms with Gasteiger partial charge in [0.25, 0.3) is 11.8 Å². The van der Waals surface area contributed by atoms with Crippen LogP contribution in [0, 0.1) is 0 Å². The Morgan fingerprint density at radius 2 is 2.05 bits per heavy atom. The van der Waals surface area contributed by atoms with Crippen LogP contribution in [0.2, 0.25) is 0 Å². The quantitative estimate of drug-likeness (QED) is 0.593. The minimum Gasteiger partial charge on any atom is -0.322 e. The molecule has 102 valence electrons. The van der Waals surface area contributed by atoms with Crippen molar-refractivity contribution >= 4 is 23.9 Å². The lowest BCUT2D eigenvalue weighted by Gasteiger charge is -2.28. The van der Waals surface area contributed by atoms with Crippen LogP contribution in [0.25, 0.3) is 0 Å². The van der Waals surface area contributed by atoms with Crippen LogP contribution in [0.3, 0.4) is 0 Å². The summed E-state index contributed by atoms with van der Waals surface area (Å²) in [5.74, 6) is -1.30. The topological polar surface area (TPSA) is 121 Å². The fourth-order valence-electron chi connectivity index (χ4n) is 2.12. The van der Waals surface area contributed by atoms with Crippen molar-refractivity contribution in [2.24, 2.45) is 0 Å². The maximum Gasteiger partial charge on any atom is 0.326 e. The lowest BCUT2D eigenvalue weighted by Crippen LogP contribution is -2.65. The predicted octanol–water partition coefficient (Wildman–Crippen LogP) is -1.22. The number of amides is 6. The Kier molecular flexibility index (Phi) is 2.60. The van der Waals surface area contributed by atoms with Crippen molar-refractivity contribution in [1.29, 1.82) is 0 Å². The Bertz CT molecular complexity index is 616. The molecule has 0 radical (unpaired) electrons. The molecule has 1 aromatic heterocycles. The first kappa shape index (κ1) is 12.1. The monoisotopic (exact) mass is 275 g/mol. The van der Waals surface area contributed by atoms with Crippen molar-refractivity contribution in [2.45, 2.75) is 12.2 Å². The van der Waals surface area contributed by atoms with E-state index >= 15 is 0 Å². The van der Waals surface area contributed by atoms with Gasteiger partial charge in [0.05, 0.1) is 5.56 Å². The van der Waals surface area contributed by atoms with Gasteiger partial charge in [0.15, 0.2) is 0 Å². The minimum atomic E-state index is -1.04. The van der Waals surface area contributed by atoms with Crippen molar-refractivity contribution in [2.75, 3.05) is 0 Å². The van der Waals surface area contributed by atoms with Crippen LogP contribution in [-0.2, 0) is 4.79 Å². The molecule has 2 aliphatic heterocycles. The molecule has 2 fully saturated rings. The Morgan fingerprint density at radius 3 is 2.75 bits per heavy atom. The van der Waals surface area contributed by atoms with E-state index in [-0.39, 0.29) is 5.56 Å². The van der Waals surface area contributed by atoms with Crippen LogP contribution in [0.1, 0.15) is 10.4 Å². The average Bonchev–Trinajstić information content (AvgIpc) is 2.76. The number of hydrogen-bond acceptors (Lipinski definition) is 5. The number of carbonyl (C=O) groups is 4. The largest absolute Gasteiger partial charge is 0.326 e. The van der Waals surface area contributed by atoms with Gasteiger partial charge in [-0.2, -0.15) is 0 Å². The Hall–Kier alpha value is -2.97. The summed E-state index contributed by atoms with van der Waals surface area (Å²) in [5.41, 5.74) is 0.184. The average molecular weight is 275 g/mol. The van der Waals surface area contributed by atoms with E-state index in [1.165, 1.54) is 18.5 Å². The van der Waals surface area contributed by atoms with Gasteiger partial charge in [-0.05, 0) is 12.1 Å². The molecule has 20 heavy (non-hydrogen) atoms. The fourth-order valence-corrected chi connectivity index (χ4v) is 2.12. The van der Waals surface area contributed by atoms with Crippen LogP contribution in [-0.4, -0.2) is 46.0 Å². The highest BCUT2D eigenvalue weighted by Gasteiger charge is 2.50. The standard InChI is InChI=1S/C11H9N5O4/c17-8-6-7(14-10(19)15-8)16(11(20)13-6)9(18)5-2-1-3-12-4-5/h1-4,6-7H,(H,13,20)(H2,14,15,17,19)/t6-,7+/m1/s1. The third kappa shape index (κ3) is 1.76. The van der Waals surface area contributed by atoms with Gasteiger partial charge in [0.1, 0.15) is 12.2 Å². The normalized spacial score (nSPS) is 24.6. The van der Waals surface area contributed by atoms with Crippen molar-refractivity contribution in [3.8, 4) is 0 Å². The SMILES string of the molecule is O=C1NC(=O)[C@@H]2NC(=O)N(C(=O)c3cccnc3)[C@@H]2N1. The molecule has 0 unspecified atom stereocenters. The van der Waals surface area contributed by atoms with Crippen molar-refractivity contribution < 1.29 is 19.2 Å². The third-order valence-electron chi connectivity index (χ3n) is 3.02. The van der Waals surface area contributed by atoms with Gasteiger partial charge in [-0.3, -0.25) is 19.9 Å². The number of rotatable bonds is 1. The number of aromatic nitrogens is 1. The summed E-state index contributed by atoms with van der Waals surface area (Å²) < 4.78 is 0. The predicted molar refractivity (Wildman–Crippen MR) is 63.2 cm³/mol. The van der Waals surface area contributed by atoms with Crippen molar-refractivity contribution in [3.05, 3.63) is 30.1 Å². The van der Waals surface area contributed by atoms with E-state index in [9.17, 15) is 19.2 Å². The number of nitrogens with zero attached hydrogens (tertiary/aromatic N) is 2. The second-order valence-electron chi connectivity index (χ2n) is 4.25. The summed E-state index contributed by atoms with van der Waals surface area (Å²) in [4.78, 5) is 51.6. The molecular formula is C11H9N5O4. The maximum absolute atomic E-state index is 12.3. The molecule has 0 spiro atoms. The summed E-state index contributed by atoms with van der Waals surface area (Å²) in [6, 6.07) is 0.537. The van der Waals surface area contributed by atoms with Crippen LogP contribution >= 0.6 is 0 Å². The van der Waals surface area contributed by atoms with Gasteiger partial charge in [-0.1, -0.05) is 0 Å². The van der Waals surface area contributed by atoms with Gasteiger partial charge in [-0.25, -0.2) is 14.5 Å². The smallest absolute Gasteiger partial charge is 0.322 e. The molecule has 2 atom stereocenters. The fraction of sp³-hybridized carbons (Fsp3) is 0.182. The Labute approximate surface area is 112 Å². The van der Waals surface area contributed by atoms with Crippen molar-refractivity contribution in [3.63, 3.8) is 0 Å². The van der Waals surface area contributed by atoms with E-state index in [2.05, 4.69) is 15.6 Å². The van der Waals surface area contributed by atoms with E-state index < -0.39 is 36.1 Å². The highest BCUT2D eigenvalue weighted by Crippen LogP contribution is 2.17. The molecule has 2 saturated heterocycles. The lowest BCUT2D eigenvalue weighted by atomic mass is 10.1. The third-order valence-corrected chi connectivity index (χ3v) is 3.02. The second kappa shape index (κ2) is 4.30. The molecule has 0 aromatic carbocycles. The maximum atomic E-state index is 12.3. The first-order chi connectivity index (χ1) is 9.58. The Balaban J connectivity index is 1.93. The number of nitrogens with one attached hydrogen (secondary N) is 3. The second-order valence-corrected chi connectivity index (χ2v) is 4.25. The van der Waals surface area contributed by atoms with E-state index in [4.69, 9.17) is 0 Å². The molecule has 1 aromatic rings. The first-order valence-electron chi connectivity index (χ1n) is 5.73. The number of hydrogen-bond donors (Lipinski definition) is 3. The minimum absolute atomic E-state index is 0.184. The van der Waals surface area contributed by atoms with Crippen LogP contribution < -0.4 is 16.0 Å². The molecule has 9 heteroatoms. The number of urea groups is 2. The summed E-state index contributed by atoms with van der Waals surface area (Å²) in [5, 5.41) is 6.73. The van der Waals surface area contributed by atoms with Gasteiger partial charge in [-0.15, -0.1) is 0 Å². The molecule has 3 heterocycles. The first-order valence-corrected chi connectivity index (χ1v) is 5.73. The summed E-state index contributed by atoms with van der Waals surface area (Å²) in [7, 11) is 0. The van der Waals surface area contributed by atoms with E-state index in [1.54, 1.807) is 6.07 Å². The summed E-state index contributed by atoms with van der Waals surface area (Å²) in [6.45, 7) is 0. The van der Waals surface area contributed by atoms with Crippen LogP contribution in [0.4, 0.5) is 9.59 Å². The number of pyridine rings is 1. The van der Waals surface area contributed by atoms with Gasteiger partial charge in [0.2, 0.25) is 0 Å². The number of fused-ring (bicyclic) bond motifs is 1. The molecule has 3 N–H and O–H groups in total. The Morgan fingerprint density at radius 1 is 1.25 bits per heavy atom. The molecule has 0 aliphatic carbocycles. The van der Waals surface area contributed by atoms with E-state index in [0.29, 0.717) is 0 Å². The zero-order valence-corrected chi connectivity index (χ0v) is 9.99. The van der Waals surface area contributed by atoms with Crippen LogP contribution in [0.5, 0.6) is 0 Å². The van der Waals surface area contributed by atoms with Gasteiger partial charge < -0.3 is 10.6 Å². The summed E-state index contributed by atoms with van der Waals surface area (Å²) >= 11 is 0. The van der Waals surface area contributed by atoms with E-state index in [1.807, 2.05) is 5.32 Å². The zero-order valence-electron chi connectivity index (χ0n) is 9.99. The molecule has 0 bridgehead atoms. The molecular weight excluding hydrogens is 266 g/mol. The zero-order chi connectivity index (χ0) is 14.3. The molecule has 2 aliphatic rings. The molecule has 0 saturated carbocycles.